The minimum atomic E-state index is -0.639. The van der Waals surface area contributed by atoms with Crippen LogP contribution >= 0.6 is 39.1 Å². The molecule has 0 saturated carbocycles. The summed E-state index contributed by atoms with van der Waals surface area (Å²) in [6.07, 6.45) is 0.459. The van der Waals surface area contributed by atoms with E-state index >= 15 is 0 Å². The molecule has 0 radical (unpaired) electrons. The van der Waals surface area contributed by atoms with Gasteiger partial charge in [-0.3, -0.25) is 9.59 Å². The second kappa shape index (κ2) is 11.6. The van der Waals surface area contributed by atoms with Gasteiger partial charge in [0.2, 0.25) is 5.91 Å². The van der Waals surface area contributed by atoms with Gasteiger partial charge in [-0.2, -0.15) is 0 Å². The van der Waals surface area contributed by atoms with E-state index in [-0.39, 0.29) is 25.0 Å². The van der Waals surface area contributed by atoms with Crippen molar-refractivity contribution in [3.05, 3.63) is 62.0 Å². The van der Waals surface area contributed by atoms with Crippen molar-refractivity contribution >= 4 is 50.9 Å². The Labute approximate surface area is 195 Å². The molecular weight excluding hydrogens is 491 g/mol. The van der Waals surface area contributed by atoms with Gasteiger partial charge in [0.15, 0.2) is 6.61 Å². The maximum atomic E-state index is 13.1. The van der Waals surface area contributed by atoms with Crippen LogP contribution in [0, 0.1) is 6.92 Å². The zero-order valence-electron chi connectivity index (χ0n) is 17.2. The topological polar surface area (TPSA) is 58.6 Å². The second-order valence-electron chi connectivity index (χ2n) is 6.78. The molecule has 162 valence electrons. The van der Waals surface area contributed by atoms with Crippen molar-refractivity contribution in [1.29, 1.82) is 0 Å². The smallest absolute Gasteiger partial charge is 0.261 e. The van der Waals surface area contributed by atoms with Crippen LogP contribution < -0.4 is 10.1 Å². The van der Waals surface area contributed by atoms with Gasteiger partial charge in [0, 0.05) is 27.6 Å². The number of hydrogen-bond donors (Lipinski definition) is 1. The maximum absolute atomic E-state index is 13.1. The Morgan fingerprint density at radius 2 is 1.90 bits per heavy atom. The van der Waals surface area contributed by atoms with E-state index in [0.29, 0.717) is 34.3 Å². The van der Waals surface area contributed by atoms with Gasteiger partial charge in [0.25, 0.3) is 5.91 Å². The second-order valence-corrected chi connectivity index (χ2v) is 8.47. The third-order valence-corrected chi connectivity index (χ3v) is 6.06. The number of rotatable bonds is 9. The lowest BCUT2D eigenvalue weighted by Gasteiger charge is -2.30. The first-order valence-electron chi connectivity index (χ1n) is 9.66. The molecule has 1 atom stereocenters. The molecule has 30 heavy (non-hydrogen) atoms. The lowest BCUT2D eigenvalue weighted by atomic mass is 10.1. The van der Waals surface area contributed by atoms with Crippen molar-refractivity contribution in [3.8, 4) is 5.75 Å². The molecular formula is C22H25BrCl2N2O3. The average Bonchev–Trinajstić information content (AvgIpc) is 2.70. The highest BCUT2D eigenvalue weighted by Crippen LogP contribution is 2.25. The van der Waals surface area contributed by atoms with Crippen LogP contribution in [0.25, 0.3) is 0 Å². The summed E-state index contributed by atoms with van der Waals surface area (Å²) in [7, 11) is 0. The van der Waals surface area contributed by atoms with Crippen LogP contribution in [0.2, 0.25) is 10.0 Å². The summed E-state index contributed by atoms with van der Waals surface area (Å²) in [5.74, 6) is 0.0668. The van der Waals surface area contributed by atoms with Gasteiger partial charge in [0.1, 0.15) is 11.8 Å². The van der Waals surface area contributed by atoms with Crippen molar-refractivity contribution in [3.63, 3.8) is 0 Å². The summed E-state index contributed by atoms with van der Waals surface area (Å²) in [6.45, 7) is 6.10. The van der Waals surface area contributed by atoms with Crippen molar-refractivity contribution < 1.29 is 14.3 Å². The molecule has 0 aliphatic heterocycles. The molecule has 0 saturated heterocycles. The third-order valence-electron chi connectivity index (χ3n) is 4.58. The van der Waals surface area contributed by atoms with Gasteiger partial charge in [-0.25, -0.2) is 0 Å². The number of aryl methyl sites for hydroxylation is 1. The van der Waals surface area contributed by atoms with Gasteiger partial charge >= 0.3 is 0 Å². The molecule has 2 rings (SSSR count). The SMILES string of the molecule is CCNC(=O)[C@H](CC)N(Cc1ccc(Cl)cc1Cl)C(=O)COc1ccc(Br)c(C)c1. The summed E-state index contributed by atoms with van der Waals surface area (Å²) in [5, 5.41) is 3.74. The lowest BCUT2D eigenvalue weighted by Crippen LogP contribution is -2.50. The fourth-order valence-electron chi connectivity index (χ4n) is 2.98. The summed E-state index contributed by atoms with van der Waals surface area (Å²) < 4.78 is 6.67. The average molecular weight is 516 g/mol. The Balaban J connectivity index is 2.24. The predicted molar refractivity (Wildman–Crippen MR) is 124 cm³/mol. The fourth-order valence-corrected chi connectivity index (χ4v) is 3.69. The Bertz CT molecular complexity index is 908. The fraction of sp³-hybridized carbons (Fsp3) is 0.364. The van der Waals surface area contributed by atoms with E-state index in [1.165, 1.54) is 4.90 Å². The van der Waals surface area contributed by atoms with E-state index in [9.17, 15) is 9.59 Å². The molecule has 0 unspecified atom stereocenters. The molecule has 1 N–H and O–H groups in total. The monoisotopic (exact) mass is 514 g/mol. The molecule has 0 bridgehead atoms. The minimum absolute atomic E-state index is 0.174. The first-order valence-corrected chi connectivity index (χ1v) is 11.2. The quantitative estimate of drug-likeness (QED) is 0.487. The number of benzene rings is 2. The third kappa shape index (κ3) is 6.62. The molecule has 8 heteroatoms. The van der Waals surface area contributed by atoms with E-state index in [0.717, 1.165) is 10.0 Å². The van der Waals surface area contributed by atoms with E-state index in [4.69, 9.17) is 27.9 Å². The Morgan fingerprint density at radius 1 is 1.17 bits per heavy atom. The maximum Gasteiger partial charge on any atom is 0.261 e. The van der Waals surface area contributed by atoms with Gasteiger partial charge in [-0.1, -0.05) is 52.1 Å². The molecule has 2 amide bonds. The lowest BCUT2D eigenvalue weighted by molar-refractivity contribution is -0.142. The number of ether oxygens (including phenoxy) is 1. The highest BCUT2D eigenvalue weighted by atomic mass is 79.9. The van der Waals surface area contributed by atoms with Crippen molar-refractivity contribution in [2.45, 2.75) is 39.8 Å². The predicted octanol–water partition coefficient (Wildman–Crippen LogP) is 5.39. The molecule has 2 aromatic rings. The van der Waals surface area contributed by atoms with E-state index in [1.54, 1.807) is 24.3 Å². The van der Waals surface area contributed by atoms with Gasteiger partial charge in [-0.15, -0.1) is 0 Å². The number of likely N-dealkylation sites (N-methyl/N-ethyl adjacent to an activating group) is 1. The van der Waals surface area contributed by atoms with Crippen LogP contribution in [0.5, 0.6) is 5.75 Å². The van der Waals surface area contributed by atoms with E-state index in [2.05, 4.69) is 21.2 Å². The largest absolute Gasteiger partial charge is 0.484 e. The standard InChI is InChI=1S/C22H25BrCl2N2O3/c1-4-20(22(29)26-5-2)27(12-15-6-7-16(24)11-19(15)25)21(28)13-30-17-8-9-18(23)14(3)10-17/h6-11,20H,4-5,12-13H2,1-3H3,(H,26,29)/t20-/m0/s1. The van der Waals surface area contributed by atoms with Crippen LogP contribution in [0.15, 0.2) is 40.9 Å². The van der Waals surface area contributed by atoms with Crippen molar-refractivity contribution in [2.24, 2.45) is 0 Å². The number of carbonyl (C=O) groups is 2. The van der Waals surface area contributed by atoms with Crippen molar-refractivity contribution in [1.82, 2.24) is 10.2 Å². The zero-order chi connectivity index (χ0) is 22.3. The van der Waals surface area contributed by atoms with E-state index in [1.807, 2.05) is 32.9 Å². The van der Waals surface area contributed by atoms with Crippen LogP contribution in [-0.2, 0) is 16.1 Å². The van der Waals surface area contributed by atoms with Crippen LogP contribution in [0.3, 0.4) is 0 Å². The summed E-state index contributed by atoms with van der Waals surface area (Å²) >= 11 is 15.7. The molecule has 0 aromatic heterocycles. The highest BCUT2D eigenvalue weighted by Gasteiger charge is 2.29. The van der Waals surface area contributed by atoms with Gasteiger partial charge < -0.3 is 15.0 Å². The number of hydrogen-bond acceptors (Lipinski definition) is 3. The zero-order valence-corrected chi connectivity index (χ0v) is 20.3. The van der Waals surface area contributed by atoms with Crippen LogP contribution in [0.4, 0.5) is 0 Å². The summed E-state index contributed by atoms with van der Waals surface area (Å²) in [5.41, 5.74) is 1.70. The number of nitrogens with one attached hydrogen (secondary N) is 1. The molecule has 0 spiro atoms. The molecule has 0 aliphatic carbocycles. The first-order chi connectivity index (χ1) is 14.3. The summed E-state index contributed by atoms with van der Waals surface area (Å²) in [4.78, 5) is 27.2. The Morgan fingerprint density at radius 3 is 2.50 bits per heavy atom. The number of carbonyl (C=O) groups excluding carboxylic acids is 2. The van der Waals surface area contributed by atoms with Crippen LogP contribution in [-0.4, -0.2) is 35.9 Å². The molecule has 0 heterocycles. The Kier molecular flexibility index (Phi) is 9.46. The molecule has 2 aromatic carbocycles. The molecule has 0 fully saturated rings. The minimum Gasteiger partial charge on any atom is -0.484 e. The number of nitrogens with zero attached hydrogens (tertiary/aromatic N) is 1. The normalized spacial score (nSPS) is 11.7. The van der Waals surface area contributed by atoms with Gasteiger partial charge in [-0.05, 0) is 61.7 Å². The molecule has 0 aliphatic rings. The highest BCUT2D eigenvalue weighted by molar-refractivity contribution is 9.10. The molecule has 5 nitrogen and oxygen atoms in total. The van der Waals surface area contributed by atoms with Crippen molar-refractivity contribution in [2.75, 3.05) is 13.2 Å². The number of halogens is 3. The first kappa shape index (κ1) is 24.5. The van der Waals surface area contributed by atoms with Gasteiger partial charge in [0.05, 0.1) is 0 Å². The number of amides is 2. The summed E-state index contributed by atoms with van der Waals surface area (Å²) in [6, 6.07) is 9.94. The Hall–Kier alpha value is -1.76. The van der Waals surface area contributed by atoms with Crippen LogP contribution in [0.1, 0.15) is 31.4 Å². The van der Waals surface area contributed by atoms with E-state index < -0.39 is 6.04 Å².